The van der Waals surface area contributed by atoms with Gasteiger partial charge in [0, 0.05) is 42.6 Å². The molecule has 1 fully saturated rings. The average Bonchev–Trinajstić information content (AvgIpc) is 3.08. The second-order valence-corrected chi connectivity index (χ2v) is 7.73. The van der Waals surface area contributed by atoms with E-state index in [-0.39, 0.29) is 5.91 Å². The van der Waals surface area contributed by atoms with Crippen LogP contribution in [0.1, 0.15) is 29.4 Å². The van der Waals surface area contributed by atoms with Gasteiger partial charge in [-0.2, -0.15) is 0 Å². The minimum Gasteiger partial charge on any atom is -0.384 e. The maximum Gasteiger partial charge on any atom is 0.255 e. The number of carbonyl (C=O) groups excluding carboxylic acids is 1. The van der Waals surface area contributed by atoms with Crippen LogP contribution in [-0.4, -0.2) is 52.1 Å². The van der Waals surface area contributed by atoms with Crippen LogP contribution >= 0.6 is 11.6 Å². The standard InChI is InChI=1S/C23H24ClN5O2/c1-2-19-21(16-5-7-20(25)26-13-16)22(28-14-27-19)15-4-6-17(18(24)12-15)23(30)29-8-3-10-31-11-9-29/h4-7,12-14H,2-3,8-11H2,1H3,(H2,25,26). The molecule has 8 heteroatoms. The van der Waals surface area contributed by atoms with Crippen LogP contribution in [0.25, 0.3) is 22.4 Å². The van der Waals surface area contributed by atoms with Crippen molar-refractivity contribution >= 4 is 23.3 Å². The van der Waals surface area contributed by atoms with Crippen molar-refractivity contribution in [3.8, 4) is 22.4 Å². The van der Waals surface area contributed by atoms with Crippen LogP contribution in [0.5, 0.6) is 0 Å². The zero-order chi connectivity index (χ0) is 21.8. The summed E-state index contributed by atoms with van der Waals surface area (Å²) in [5.74, 6) is 0.368. The summed E-state index contributed by atoms with van der Waals surface area (Å²) < 4.78 is 5.45. The van der Waals surface area contributed by atoms with Crippen LogP contribution in [0, 0.1) is 0 Å². The van der Waals surface area contributed by atoms with Crippen molar-refractivity contribution in [1.29, 1.82) is 0 Å². The van der Waals surface area contributed by atoms with Crippen molar-refractivity contribution in [2.75, 3.05) is 32.0 Å². The van der Waals surface area contributed by atoms with Crippen LogP contribution in [0.15, 0.2) is 42.9 Å². The third kappa shape index (κ3) is 4.52. The molecule has 1 amide bonds. The first-order chi connectivity index (χ1) is 15.1. The molecular formula is C23H24ClN5O2. The number of aryl methyl sites for hydroxylation is 1. The Kier molecular flexibility index (Phi) is 6.44. The molecule has 0 aliphatic carbocycles. The lowest BCUT2D eigenvalue weighted by molar-refractivity contribution is 0.0741. The fourth-order valence-corrected chi connectivity index (χ4v) is 3.98. The second kappa shape index (κ2) is 9.41. The van der Waals surface area contributed by atoms with Gasteiger partial charge >= 0.3 is 0 Å². The monoisotopic (exact) mass is 437 g/mol. The summed E-state index contributed by atoms with van der Waals surface area (Å²) in [4.78, 5) is 28.0. The van der Waals surface area contributed by atoms with Gasteiger partial charge in [-0.1, -0.05) is 24.6 Å². The SMILES string of the molecule is CCc1ncnc(-c2ccc(C(=O)N3CCCOCC3)c(Cl)c2)c1-c1ccc(N)nc1. The molecule has 3 aromatic rings. The van der Waals surface area contributed by atoms with Gasteiger partial charge < -0.3 is 15.4 Å². The van der Waals surface area contributed by atoms with E-state index in [1.807, 2.05) is 19.1 Å². The summed E-state index contributed by atoms with van der Waals surface area (Å²) in [6.45, 7) is 4.49. The first kappa shape index (κ1) is 21.2. The molecule has 1 aromatic carbocycles. The van der Waals surface area contributed by atoms with Crippen LogP contribution < -0.4 is 5.73 Å². The molecule has 2 aromatic heterocycles. The highest BCUT2D eigenvalue weighted by Gasteiger charge is 2.21. The summed E-state index contributed by atoms with van der Waals surface area (Å²) in [7, 11) is 0. The van der Waals surface area contributed by atoms with Crippen molar-refractivity contribution in [3.05, 3.63) is 59.1 Å². The van der Waals surface area contributed by atoms with E-state index in [4.69, 9.17) is 22.1 Å². The molecular weight excluding hydrogens is 414 g/mol. The van der Waals surface area contributed by atoms with Gasteiger partial charge in [0.05, 0.1) is 28.6 Å². The van der Waals surface area contributed by atoms with E-state index < -0.39 is 0 Å². The van der Waals surface area contributed by atoms with Gasteiger partial charge in [0.2, 0.25) is 0 Å². The predicted octanol–water partition coefficient (Wildman–Crippen LogP) is 3.87. The highest BCUT2D eigenvalue weighted by Crippen LogP contribution is 2.34. The van der Waals surface area contributed by atoms with E-state index in [0.717, 1.165) is 40.9 Å². The van der Waals surface area contributed by atoms with Gasteiger partial charge in [0.25, 0.3) is 5.91 Å². The quantitative estimate of drug-likeness (QED) is 0.665. The highest BCUT2D eigenvalue weighted by atomic mass is 35.5. The average molecular weight is 438 g/mol. The molecule has 4 rings (SSSR count). The zero-order valence-electron chi connectivity index (χ0n) is 17.3. The Labute approximate surface area is 186 Å². The lowest BCUT2D eigenvalue weighted by Gasteiger charge is -2.20. The molecule has 1 saturated heterocycles. The first-order valence-electron chi connectivity index (χ1n) is 10.3. The zero-order valence-corrected chi connectivity index (χ0v) is 18.1. The lowest BCUT2D eigenvalue weighted by atomic mass is 9.97. The largest absolute Gasteiger partial charge is 0.384 e. The minimum absolute atomic E-state index is 0.0815. The van der Waals surface area contributed by atoms with E-state index in [1.54, 1.807) is 35.6 Å². The maximum absolute atomic E-state index is 13.0. The van der Waals surface area contributed by atoms with Crippen molar-refractivity contribution in [1.82, 2.24) is 19.9 Å². The molecule has 31 heavy (non-hydrogen) atoms. The number of benzene rings is 1. The van der Waals surface area contributed by atoms with E-state index in [2.05, 4.69) is 15.0 Å². The van der Waals surface area contributed by atoms with Crippen LogP contribution in [0.3, 0.4) is 0 Å². The molecule has 0 spiro atoms. The van der Waals surface area contributed by atoms with Crippen molar-refractivity contribution in [2.24, 2.45) is 0 Å². The summed E-state index contributed by atoms with van der Waals surface area (Å²) in [6, 6.07) is 9.10. The van der Waals surface area contributed by atoms with E-state index in [9.17, 15) is 4.79 Å². The molecule has 3 heterocycles. The Bertz CT molecular complexity index is 1080. The number of nitrogens with zero attached hydrogens (tertiary/aromatic N) is 4. The van der Waals surface area contributed by atoms with E-state index in [0.29, 0.717) is 42.7 Å². The molecule has 0 bridgehead atoms. The molecule has 1 aliphatic heterocycles. The second-order valence-electron chi connectivity index (χ2n) is 7.32. The van der Waals surface area contributed by atoms with Gasteiger partial charge in [-0.25, -0.2) is 15.0 Å². The fourth-order valence-electron chi connectivity index (χ4n) is 3.72. The van der Waals surface area contributed by atoms with Gasteiger partial charge in [-0.15, -0.1) is 0 Å². The summed E-state index contributed by atoms with van der Waals surface area (Å²) in [6.07, 6.45) is 4.82. The number of rotatable bonds is 4. The van der Waals surface area contributed by atoms with E-state index in [1.165, 1.54) is 0 Å². The van der Waals surface area contributed by atoms with Gasteiger partial charge in [0.15, 0.2) is 0 Å². The molecule has 160 valence electrons. The topological polar surface area (TPSA) is 94.2 Å². The molecule has 0 atom stereocenters. The Morgan fingerprint density at radius 2 is 1.97 bits per heavy atom. The molecule has 2 N–H and O–H groups in total. The van der Waals surface area contributed by atoms with Crippen molar-refractivity contribution in [3.63, 3.8) is 0 Å². The number of hydrogen-bond acceptors (Lipinski definition) is 6. The number of ether oxygens (including phenoxy) is 1. The number of pyridine rings is 1. The summed E-state index contributed by atoms with van der Waals surface area (Å²) >= 11 is 6.58. The van der Waals surface area contributed by atoms with Gasteiger partial charge in [-0.3, -0.25) is 4.79 Å². The number of carbonyl (C=O) groups is 1. The maximum atomic E-state index is 13.0. The summed E-state index contributed by atoms with van der Waals surface area (Å²) in [5.41, 5.74) is 10.4. The number of hydrogen-bond donors (Lipinski definition) is 1. The number of anilines is 1. The van der Waals surface area contributed by atoms with Crippen LogP contribution in [-0.2, 0) is 11.2 Å². The third-order valence-electron chi connectivity index (χ3n) is 5.32. The minimum atomic E-state index is -0.0815. The number of nitrogens with two attached hydrogens (primary N) is 1. The predicted molar refractivity (Wildman–Crippen MR) is 121 cm³/mol. The molecule has 1 aliphatic rings. The Hall–Kier alpha value is -3.03. The summed E-state index contributed by atoms with van der Waals surface area (Å²) in [5, 5.41) is 0.394. The number of amides is 1. The Morgan fingerprint density at radius 1 is 1.13 bits per heavy atom. The molecule has 7 nitrogen and oxygen atoms in total. The van der Waals surface area contributed by atoms with Crippen LogP contribution in [0.4, 0.5) is 5.82 Å². The van der Waals surface area contributed by atoms with Crippen molar-refractivity contribution in [2.45, 2.75) is 19.8 Å². The first-order valence-corrected chi connectivity index (χ1v) is 10.7. The number of nitrogen functional groups attached to an aromatic ring is 1. The molecule has 0 radical (unpaired) electrons. The smallest absolute Gasteiger partial charge is 0.255 e. The number of halogens is 1. The molecule has 0 saturated carbocycles. The fraction of sp³-hybridized carbons (Fsp3) is 0.304. The molecule has 0 unspecified atom stereocenters. The van der Waals surface area contributed by atoms with Gasteiger partial charge in [-0.05, 0) is 37.1 Å². The normalized spacial score (nSPS) is 14.3. The Balaban J connectivity index is 1.73. The van der Waals surface area contributed by atoms with Crippen LogP contribution in [0.2, 0.25) is 5.02 Å². The number of aromatic nitrogens is 3. The van der Waals surface area contributed by atoms with Gasteiger partial charge in [0.1, 0.15) is 12.1 Å². The van der Waals surface area contributed by atoms with E-state index >= 15 is 0 Å². The highest BCUT2D eigenvalue weighted by molar-refractivity contribution is 6.34. The Morgan fingerprint density at radius 3 is 2.71 bits per heavy atom. The lowest BCUT2D eigenvalue weighted by Crippen LogP contribution is -2.33. The third-order valence-corrected chi connectivity index (χ3v) is 5.63. The van der Waals surface area contributed by atoms with Crippen molar-refractivity contribution < 1.29 is 9.53 Å².